The Bertz CT molecular complexity index is 374. The molecule has 4 heteroatoms. The first-order valence-corrected chi connectivity index (χ1v) is 4.01. The maximum atomic E-state index is 8.61. The van der Waals surface area contributed by atoms with Crippen molar-refractivity contribution < 1.29 is 5.21 Å². The van der Waals surface area contributed by atoms with Gasteiger partial charge in [0.2, 0.25) is 5.84 Å². The summed E-state index contributed by atoms with van der Waals surface area (Å²) in [5, 5.41) is 11.7. The molecule has 0 aromatic carbocycles. The van der Waals surface area contributed by atoms with Gasteiger partial charge in [0.25, 0.3) is 0 Å². The molecule has 0 amide bonds. The maximum absolute atomic E-state index is 8.61. The van der Waals surface area contributed by atoms with Crippen molar-refractivity contribution in [3.05, 3.63) is 24.3 Å². The lowest BCUT2D eigenvalue weighted by Crippen LogP contribution is -2.27. The predicted octanol–water partition coefficient (Wildman–Crippen LogP) is 1.18. The number of allylic oxidation sites excluding steroid dienone is 2. The van der Waals surface area contributed by atoms with Crippen LogP contribution < -0.4 is 0 Å². The SMILES string of the molecule is CC1=NC2C=CC=CC2=N/C1=N\O. The highest BCUT2D eigenvalue weighted by molar-refractivity contribution is 6.44. The second-order valence-electron chi connectivity index (χ2n) is 2.86. The van der Waals surface area contributed by atoms with E-state index in [1.807, 2.05) is 24.3 Å². The van der Waals surface area contributed by atoms with Crippen LogP contribution in [0, 0.1) is 0 Å². The van der Waals surface area contributed by atoms with Gasteiger partial charge in [0, 0.05) is 0 Å². The number of oxime groups is 1. The molecular weight excluding hydrogens is 166 g/mol. The fraction of sp³-hybridized carbons (Fsp3) is 0.222. The molecule has 4 nitrogen and oxygen atoms in total. The van der Waals surface area contributed by atoms with Crippen molar-refractivity contribution in [3.63, 3.8) is 0 Å². The minimum Gasteiger partial charge on any atom is -0.409 e. The summed E-state index contributed by atoms with van der Waals surface area (Å²) in [5.41, 5.74) is 1.48. The number of hydrogen-bond acceptors (Lipinski definition) is 3. The number of fused-ring (bicyclic) bond motifs is 1. The molecule has 0 aromatic heterocycles. The summed E-state index contributed by atoms with van der Waals surface area (Å²) in [6.45, 7) is 1.78. The number of hydrogen-bond donors (Lipinski definition) is 1. The summed E-state index contributed by atoms with van der Waals surface area (Å²) in [7, 11) is 0. The van der Waals surface area contributed by atoms with Crippen LogP contribution in [-0.2, 0) is 0 Å². The normalized spacial score (nSPS) is 28.4. The molecule has 1 atom stereocenters. The van der Waals surface area contributed by atoms with Crippen molar-refractivity contribution in [2.45, 2.75) is 13.0 Å². The highest BCUT2D eigenvalue weighted by atomic mass is 16.4. The van der Waals surface area contributed by atoms with Crippen molar-refractivity contribution >= 4 is 17.3 Å². The van der Waals surface area contributed by atoms with Gasteiger partial charge in [0.05, 0.1) is 11.4 Å². The van der Waals surface area contributed by atoms with Gasteiger partial charge in [-0.05, 0) is 13.0 Å². The van der Waals surface area contributed by atoms with Crippen molar-refractivity contribution in [1.29, 1.82) is 0 Å². The molecule has 1 unspecified atom stereocenters. The Balaban J connectivity index is 2.42. The quantitative estimate of drug-likeness (QED) is 0.436. The van der Waals surface area contributed by atoms with Gasteiger partial charge in [-0.1, -0.05) is 23.4 Å². The highest BCUT2D eigenvalue weighted by Gasteiger charge is 2.19. The molecule has 1 aliphatic carbocycles. The van der Waals surface area contributed by atoms with E-state index in [9.17, 15) is 0 Å². The zero-order valence-electron chi connectivity index (χ0n) is 7.18. The second kappa shape index (κ2) is 2.97. The van der Waals surface area contributed by atoms with Crippen molar-refractivity contribution in [1.82, 2.24) is 0 Å². The molecule has 0 aromatic rings. The molecule has 1 aliphatic heterocycles. The topological polar surface area (TPSA) is 57.3 Å². The van der Waals surface area contributed by atoms with Crippen LogP contribution in [-0.4, -0.2) is 28.5 Å². The lowest BCUT2D eigenvalue weighted by atomic mass is 10.1. The first-order chi connectivity index (χ1) is 6.31. The Hall–Kier alpha value is -1.71. The maximum Gasteiger partial charge on any atom is 0.212 e. The largest absolute Gasteiger partial charge is 0.409 e. The van der Waals surface area contributed by atoms with Gasteiger partial charge >= 0.3 is 0 Å². The summed E-state index contributed by atoms with van der Waals surface area (Å²) >= 11 is 0. The van der Waals surface area contributed by atoms with Crippen LogP contribution in [0.2, 0.25) is 0 Å². The third-order valence-corrected chi connectivity index (χ3v) is 1.96. The van der Waals surface area contributed by atoms with Crippen molar-refractivity contribution in [3.8, 4) is 0 Å². The van der Waals surface area contributed by atoms with Crippen LogP contribution in [0.3, 0.4) is 0 Å². The van der Waals surface area contributed by atoms with Crippen LogP contribution in [0.15, 0.2) is 39.4 Å². The molecule has 2 rings (SSSR count). The van der Waals surface area contributed by atoms with Gasteiger partial charge in [-0.2, -0.15) is 0 Å². The third kappa shape index (κ3) is 1.30. The summed E-state index contributed by atoms with van der Waals surface area (Å²) in [6, 6.07) is -0.00417. The van der Waals surface area contributed by atoms with Crippen LogP contribution in [0.4, 0.5) is 0 Å². The first kappa shape index (κ1) is 7.91. The summed E-state index contributed by atoms with van der Waals surface area (Å²) < 4.78 is 0. The zero-order valence-corrected chi connectivity index (χ0v) is 7.18. The van der Waals surface area contributed by atoms with Gasteiger partial charge in [-0.25, -0.2) is 4.99 Å². The Morgan fingerprint density at radius 2 is 2.31 bits per heavy atom. The van der Waals surface area contributed by atoms with E-state index in [-0.39, 0.29) is 6.04 Å². The van der Waals surface area contributed by atoms with E-state index in [1.54, 1.807) is 6.92 Å². The van der Waals surface area contributed by atoms with Crippen LogP contribution in [0.25, 0.3) is 0 Å². The fourth-order valence-electron chi connectivity index (χ4n) is 1.30. The molecule has 0 spiro atoms. The summed E-state index contributed by atoms with van der Waals surface area (Å²) in [5.74, 6) is 0.297. The number of aliphatic imine (C=N–C) groups is 2. The van der Waals surface area contributed by atoms with E-state index in [2.05, 4.69) is 15.1 Å². The van der Waals surface area contributed by atoms with Gasteiger partial charge < -0.3 is 5.21 Å². The van der Waals surface area contributed by atoms with Crippen molar-refractivity contribution in [2.24, 2.45) is 15.1 Å². The van der Waals surface area contributed by atoms with E-state index in [0.717, 1.165) is 5.71 Å². The monoisotopic (exact) mass is 175 g/mol. The molecule has 0 saturated heterocycles. The molecule has 0 bridgehead atoms. The molecule has 0 fully saturated rings. The molecule has 2 aliphatic rings. The smallest absolute Gasteiger partial charge is 0.212 e. The minimum absolute atomic E-state index is 0.00417. The number of amidine groups is 1. The van der Waals surface area contributed by atoms with Gasteiger partial charge in [0.1, 0.15) is 6.04 Å². The Kier molecular flexibility index (Phi) is 1.81. The van der Waals surface area contributed by atoms with Crippen LogP contribution in [0.1, 0.15) is 6.92 Å². The lowest BCUT2D eigenvalue weighted by molar-refractivity contribution is 0.319. The van der Waals surface area contributed by atoms with Crippen LogP contribution in [0.5, 0.6) is 0 Å². The second-order valence-corrected chi connectivity index (χ2v) is 2.86. The average molecular weight is 175 g/mol. The van der Waals surface area contributed by atoms with E-state index in [1.165, 1.54) is 0 Å². The van der Waals surface area contributed by atoms with E-state index >= 15 is 0 Å². The molecule has 1 N–H and O–H groups in total. The molecule has 13 heavy (non-hydrogen) atoms. The van der Waals surface area contributed by atoms with Gasteiger partial charge in [0.15, 0.2) is 0 Å². The first-order valence-electron chi connectivity index (χ1n) is 4.01. The molecule has 0 saturated carbocycles. The number of rotatable bonds is 0. The Labute approximate surface area is 75.7 Å². The highest BCUT2D eigenvalue weighted by Crippen LogP contribution is 2.11. The molecule has 66 valence electrons. The fourth-order valence-corrected chi connectivity index (χ4v) is 1.30. The lowest BCUT2D eigenvalue weighted by Gasteiger charge is -2.16. The van der Waals surface area contributed by atoms with Gasteiger partial charge in [-0.3, -0.25) is 4.99 Å². The van der Waals surface area contributed by atoms with Gasteiger partial charge in [-0.15, -0.1) is 0 Å². The third-order valence-electron chi connectivity index (χ3n) is 1.96. The molecule has 1 heterocycles. The predicted molar refractivity (Wildman–Crippen MR) is 51.8 cm³/mol. The summed E-state index contributed by atoms with van der Waals surface area (Å²) in [4.78, 5) is 8.46. The Morgan fingerprint density at radius 3 is 3.08 bits per heavy atom. The summed E-state index contributed by atoms with van der Waals surface area (Å²) in [6.07, 6.45) is 7.64. The molecule has 0 radical (unpaired) electrons. The van der Waals surface area contributed by atoms with E-state index in [0.29, 0.717) is 11.5 Å². The van der Waals surface area contributed by atoms with E-state index < -0.39 is 0 Å². The standard InChI is InChI=1S/C9H9N3O/c1-6-9(12-13)11-8-5-3-2-4-7(8)10-6/h2-5,7,13H,1H3/b12-9-. The van der Waals surface area contributed by atoms with Crippen molar-refractivity contribution in [2.75, 3.05) is 0 Å². The van der Waals surface area contributed by atoms with Crippen LogP contribution >= 0.6 is 0 Å². The Morgan fingerprint density at radius 1 is 1.46 bits per heavy atom. The average Bonchev–Trinajstić information content (AvgIpc) is 2.17. The number of nitrogens with zero attached hydrogens (tertiary/aromatic N) is 3. The zero-order chi connectivity index (χ0) is 9.26. The minimum atomic E-state index is -0.00417. The molecular formula is C9H9N3O. The van der Waals surface area contributed by atoms with E-state index in [4.69, 9.17) is 5.21 Å².